The molecular weight excluding hydrogens is 278 g/mol. The number of hydrogen-bond donors (Lipinski definition) is 5. The number of aliphatic hydroxyl groups excluding tert-OH is 4. The van der Waals surface area contributed by atoms with Gasteiger partial charge >= 0.3 is 0 Å². The first-order chi connectivity index (χ1) is 9.81. The van der Waals surface area contributed by atoms with Crippen molar-refractivity contribution in [1.29, 1.82) is 0 Å². The fourth-order valence-corrected chi connectivity index (χ4v) is 1.73. The van der Waals surface area contributed by atoms with Crippen molar-refractivity contribution in [2.45, 2.75) is 51.4 Å². The summed E-state index contributed by atoms with van der Waals surface area (Å²) in [7, 11) is 0. The summed E-state index contributed by atoms with van der Waals surface area (Å²) < 4.78 is 0. The highest BCUT2D eigenvalue weighted by molar-refractivity contribution is 5.85. The summed E-state index contributed by atoms with van der Waals surface area (Å²) in [5.41, 5.74) is 0. The minimum Gasteiger partial charge on any atom is -0.394 e. The molecule has 7 heteroatoms. The maximum atomic E-state index is 11.5. The zero-order chi connectivity index (χ0) is 16.4. The molecule has 0 radical (unpaired) electrons. The molecule has 0 aliphatic rings. The summed E-state index contributed by atoms with van der Waals surface area (Å²) in [5.74, 6) is -0.437. The average Bonchev–Trinajstić information content (AvgIpc) is 2.47. The second-order valence-corrected chi connectivity index (χ2v) is 5.34. The highest BCUT2D eigenvalue weighted by atomic mass is 16.4. The SMILES string of the molecule is CC(=O)[C@@H](C)CCCCNCC(=O)C(O)C(O)C(O)CO. The zero-order valence-electron chi connectivity index (χ0n) is 12.7. The van der Waals surface area contributed by atoms with E-state index in [9.17, 15) is 19.8 Å². The average molecular weight is 305 g/mol. The minimum absolute atomic E-state index is 0.0450. The summed E-state index contributed by atoms with van der Waals surface area (Å²) in [4.78, 5) is 22.5. The molecule has 0 heterocycles. The van der Waals surface area contributed by atoms with Gasteiger partial charge in [-0.25, -0.2) is 0 Å². The first-order valence-electron chi connectivity index (χ1n) is 7.20. The van der Waals surface area contributed by atoms with Gasteiger partial charge in [0.2, 0.25) is 0 Å². The van der Waals surface area contributed by atoms with E-state index >= 15 is 0 Å². The van der Waals surface area contributed by atoms with Crippen LogP contribution in [0.25, 0.3) is 0 Å². The largest absolute Gasteiger partial charge is 0.394 e. The molecule has 0 aromatic carbocycles. The molecular formula is C14H27NO6. The van der Waals surface area contributed by atoms with Gasteiger partial charge in [0.15, 0.2) is 5.78 Å². The number of Topliss-reactive ketones (excluding diaryl/α,β-unsaturated/α-hetero) is 2. The molecule has 0 aliphatic heterocycles. The Morgan fingerprint density at radius 3 is 2.29 bits per heavy atom. The number of rotatable bonds is 12. The van der Waals surface area contributed by atoms with Crippen LogP contribution in [0.4, 0.5) is 0 Å². The van der Waals surface area contributed by atoms with Crippen molar-refractivity contribution in [2.24, 2.45) is 5.92 Å². The van der Waals surface area contributed by atoms with Gasteiger partial charge in [0.1, 0.15) is 24.1 Å². The van der Waals surface area contributed by atoms with Gasteiger partial charge in [-0.2, -0.15) is 0 Å². The smallest absolute Gasteiger partial charge is 0.177 e. The molecule has 7 nitrogen and oxygen atoms in total. The van der Waals surface area contributed by atoms with Crippen LogP contribution < -0.4 is 5.32 Å². The van der Waals surface area contributed by atoms with Crippen molar-refractivity contribution in [2.75, 3.05) is 19.7 Å². The molecule has 0 aromatic heterocycles. The molecule has 4 atom stereocenters. The topological polar surface area (TPSA) is 127 Å². The van der Waals surface area contributed by atoms with E-state index in [1.54, 1.807) is 6.92 Å². The summed E-state index contributed by atoms with van der Waals surface area (Å²) in [6, 6.07) is 0. The number of carbonyl (C=O) groups excluding carboxylic acids is 2. The summed E-state index contributed by atoms with van der Waals surface area (Å²) >= 11 is 0. The maximum Gasteiger partial charge on any atom is 0.177 e. The van der Waals surface area contributed by atoms with Crippen molar-refractivity contribution in [1.82, 2.24) is 5.32 Å². The van der Waals surface area contributed by atoms with Crippen LogP contribution in [0.15, 0.2) is 0 Å². The summed E-state index contributed by atoms with van der Waals surface area (Å²) in [6.45, 7) is 3.15. The van der Waals surface area contributed by atoms with E-state index in [1.807, 2.05) is 6.92 Å². The van der Waals surface area contributed by atoms with Crippen LogP contribution in [0.5, 0.6) is 0 Å². The minimum atomic E-state index is -1.72. The van der Waals surface area contributed by atoms with Gasteiger partial charge in [0.05, 0.1) is 13.2 Å². The van der Waals surface area contributed by atoms with Gasteiger partial charge in [0.25, 0.3) is 0 Å². The molecule has 21 heavy (non-hydrogen) atoms. The Labute approximate surface area is 125 Å². The van der Waals surface area contributed by atoms with Crippen LogP contribution >= 0.6 is 0 Å². The van der Waals surface area contributed by atoms with Crippen molar-refractivity contribution >= 4 is 11.6 Å². The molecule has 124 valence electrons. The van der Waals surface area contributed by atoms with E-state index in [0.29, 0.717) is 6.54 Å². The molecule has 0 bridgehead atoms. The van der Waals surface area contributed by atoms with Crippen LogP contribution in [-0.4, -0.2) is 70.0 Å². The quantitative estimate of drug-likeness (QED) is 0.281. The normalized spacial score (nSPS) is 17.0. The first-order valence-corrected chi connectivity index (χ1v) is 7.20. The Morgan fingerprint density at radius 2 is 1.76 bits per heavy atom. The standard InChI is InChI=1S/C14H27NO6/c1-9(10(2)17)5-3-4-6-15-7-11(18)13(20)14(21)12(19)8-16/h9,12-16,19-21H,3-8H2,1-2H3/t9-,12?,13?,14?/m0/s1. The van der Waals surface area contributed by atoms with Gasteiger partial charge < -0.3 is 25.7 Å². The Balaban J connectivity index is 3.77. The molecule has 0 aromatic rings. The Kier molecular flexibility index (Phi) is 10.4. The van der Waals surface area contributed by atoms with E-state index in [4.69, 9.17) is 10.2 Å². The number of unbranched alkanes of at least 4 members (excludes halogenated alkanes) is 1. The Hall–Kier alpha value is -0.860. The fraction of sp³-hybridized carbons (Fsp3) is 0.857. The number of hydrogen-bond acceptors (Lipinski definition) is 7. The number of carbonyl (C=O) groups is 2. The second-order valence-electron chi connectivity index (χ2n) is 5.34. The molecule has 0 amide bonds. The van der Waals surface area contributed by atoms with Crippen LogP contribution in [-0.2, 0) is 9.59 Å². The number of aliphatic hydroxyl groups is 4. The van der Waals surface area contributed by atoms with Gasteiger partial charge in [0, 0.05) is 5.92 Å². The highest BCUT2D eigenvalue weighted by Gasteiger charge is 2.29. The molecule has 5 N–H and O–H groups in total. The van der Waals surface area contributed by atoms with E-state index in [-0.39, 0.29) is 18.2 Å². The van der Waals surface area contributed by atoms with Gasteiger partial charge in [-0.1, -0.05) is 13.3 Å². The third kappa shape index (κ3) is 8.23. The van der Waals surface area contributed by atoms with Gasteiger partial charge in [-0.15, -0.1) is 0 Å². The number of nitrogens with one attached hydrogen (secondary N) is 1. The predicted molar refractivity (Wildman–Crippen MR) is 76.7 cm³/mol. The molecule has 0 spiro atoms. The Morgan fingerprint density at radius 1 is 1.14 bits per heavy atom. The number of ketones is 2. The molecule has 0 saturated heterocycles. The lowest BCUT2D eigenvalue weighted by Crippen LogP contribution is -2.46. The molecule has 0 rings (SSSR count). The lowest BCUT2D eigenvalue weighted by molar-refractivity contribution is -0.139. The maximum absolute atomic E-state index is 11.5. The van der Waals surface area contributed by atoms with E-state index in [0.717, 1.165) is 19.3 Å². The van der Waals surface area contributed by atoms with Crippen LogP contribution in [0.1, 0.15) is 33.1 Å². The van der Waals surface area contributed by atoms with Crippen molar-refractivity contribution < 1.29 is 30.0 Å². The van der Waals surface area contributed by atoms with E-state index in [1.165, 1.54) is 0 Å². The second kappa shape index (κ2) is 10.8. The van der Waals surface area contributed by atoms with Crippen molar-refractivity contribution in [3.63, 3.8) is 0 Å². The van der Waals surface area contributed by atoms with Gasteiger partial charge in [-0.3, -0.25) is 9.59 Å². The zero-order valence-corrected chi connectivity index (χ0v) is 12.7. The highest BCUT2D eigenvalue weighted by Crippen LogP contribution is 2.08. The third-order valence-corrected chi connectivity index (χ3v) is 3.47. The summed E-state index contributed by atoms with van der Waals surface area (Å²) in [5, 5.41) is 39.4. The van der Waals surface area contributed by atoms with Crippen molar-refractivity contribution in [3.8, 4) is 0 Å². The van der Waals surface area contributed by atoms with Crippen LogP contribution in [0.3, 0.4) is 0 Å². The Bertz CT molecular complexity index is 323. The summed E-state index contributed by atoms with van der Waals surface area (Å²) in [6.07, 6.45) is -2.51. The molecule has 3 unspecified atom stereocenters. The molecule has 0 saturated carbocycles. The third-order valence-electron chi connectivity index (χ3n) is 3.47. The monoisotopic (exact) mass is 305 g/mol. The lowest BCUT2D eigenvalue weighted by atomic mass is 10.0. The van der Waals surface area contributed by atoms with E-state index < -0.39 is 30.7 Å². The first kappa shape index (κ1) is 20.1. The fourth-order valence-electron chi connectivity index (χ4n) is 1.73. The predicted octanol–water partition coefficient (Wildman–Crippen LogP) is -1.38. The molecule has 0 fully saturated rings. The molecule has 0 aliphatic carbocycles. The van der Waals surface area contributed by atoms with Crippen LogP contribution in [0.2, 0.25) is 0 Å². The van der Waals surface area contributed by atoms with Crippen LogP contribution in [0, 0.1) is 5.92 Å². The van der Waals surface area contributed by atoms with Gasteiger partial charge in [-0.05, 0) is 26.3 Å². The van der Waals surface area contributed by atoms with Crippen molar-refractivity contribution in [3.05, 3.63) is 0 Å². The lowest BCUT2D eigenvalue weighted by Gasteiger charge is -2.20. The van der Waals surface area contributed by atoms with E-state index in [2.05, 4.69) is 5.32 Å².